The lowest BCUT2D eigenvalue weighted by atomic mass is 9.77. The molecule has 0 radical (unpaired) electrons. The van der Waals surface area contributed by atoms with Gasteiger partial charge in [0.05, 0.1) is 5.56 Å². The molecule has 3 rings (SSSR count). The van der Waals surface area contributed by atoms with Crippen LogP contribution in [0.5, 0.6) is 0 Å². The highest BCUT2D eigenvalue weighted by Crippen LogP contribution is 2.39. The van der Waals surface area contributed by atoms with Crippen molar-refractivity contribution in [2.24, 2.45) is 5.92 Å². The molecule has 3 heterocycles. The van der Waals surface area contributed by atoms with Gasteiger partial charge in [-0.25, -0.2) is 0 Å². The van der Waals surface area contributed by atoms with Crippen molar-refractivity contribution in [1.82, 2.24) is 9.80 Å². The maximum Gasteiger partial charge on any atom is 0.257 e. The van der Waals surface area contributed by atoms with E-state index in [1.807, 2.05) is 13.0 Å². The van der Waals surface area contributed by atoms with Gasteiger partial charge in [0.1, 0.15) is 11.5 Å². The minimum atomic E-state index is -0.0750. The smallest absolute Gasteiger partial charge is 0.257 e. The van der Waals surface area contributed by atoms with Gasteiger partial charge in [-0.3, -0.25) is 9.69 Å². The van der Waals surface area contributed by atoms with Gasteiger partial charge in [0.15, 0.2) is 0 Å². The van der Waals surface area contributed by atoms with Gasteiger partial charge in [-0.1, -0.05) is 34.6 Å². The first-order valence-electron chi connectivity index (χ1n) is 9.78. The Morgan fingerprint density at radius 3 is 2.52 bits per heavy atom. The monoisotopic (exact) mass is 346 g/mol. The molecule has 1 atom stereocenters. The van der Waals surface area contributed by atoms with Gasteiger partial charge in [-0.2, -0.15) is 0 Å². The highest BCUT2D eigenvalue weighted by Gasteiger charge is 2.48. The average molecular weight is 347 g/mol. The van der Waals surface area contributed by atoms with Crippen molar-refractivity contribution in [3.05, 3.63) is 23.2 Å². The average Bonchev–Trinajstić information content (AvgIpc) is 2.93. The van der Waals surface area contributed by atoms with E-state index in [-0.39, 0.29) is 16.9 Å². The molecule has 0 saturated carbocycles. The number of amides is 1. The number of hydrogen-bond acceptors (Lipinski definition) is 3. The van der Waals surface area contributed by atoms with Gasteiger partial charge < -0.3 is 9.32 Å². The van der Waals surface area contributed by atoms with Crippen LogP contribution in [-0.2, 0) is 5.41 Å². The normalized spacial score (nSPS) is 24.8. The number of carbonyl (C=O) groups excluding carboxylic acids is 1. The largest absolute Gasteiger partial charge is 0.465 e. The van der Waals surface area contributed by atoms with E-state index in [2.05, 4.69) is 44.4 Å². The van der Waals surface area contributed by atoms with Crippen LogP contribution >= 0.6 is 0 Å². The lowest BCUT2D eigenvalue weighted by molar-refractivity contribution is -0.0648. The highest BCUT2D eigenvalue weighted by atomic mass is 16.3. The van der Waals surface area contributed by atoms with E-state index in [4.69, 9.17) is 4.42 Å². The molecule has 4 heteroatoms. The lowest BCUT2D eigenvalue weighted by Gasteiger charge is -2.57. The minimum Gasteiger partial charge on any atom is -0.465 e. The molecule has 2 aliphatic heterocycles. The molecule has 140 valence electrons. The van der Waals surface area contributed by atoms with E-state index >= 15 is 0 Å². The molecule has 1 aromatic rings. The third-order valence-electron chi connectivity index (χ3n) is 5.83. The van der Waals surface area contributed by atoms with Crippen LogP contribution in [-0.4, -0.2) is 47.4 Å². The number of likely N-dealkylation sites (tertiary alicyclic amines) is 2. The molecule has 2 aliphatic rings. The van der Waals surface area contributed by atoms with Crippen molar-refractivity contribution in [3.8, 4) is 0 Å². The Morgan fingerprint density at radius 2 is 2.00 bits per heavy atom. The Balaban J connectivity index is 1.76. The van der Waals surface area contributed by atoms with E-state index in [0.717, 1.165) is 43.1 Å². The molecule has 4 nitrogen and oxygen atoms in total. The van der Waals surface area contributed by atoms with Gasteiger partial charge in [-0.15, -0.1) is 0 Å². The predicted octanol–water partition coefficient (Wildman–Crippen LogP) is 4.22. The van der Waals surface area contributed by atoms with Gasteiger partial charge in [0.25, 0.3) is 5.91 Å². The van der Waals surface area contributed by atoms with Crippen molar-refractivity contribution >= 4 is 5.91 Å². The number of hydrogen-bond donors (Lipinski definition) is 0. The zero-order valence-electron chi connectivity index (χ0n) is 16.8. The minimum absolute atomic E-state index is 0.0750. The number of nitrogens with zero attached hydrogens (tertiary/aromatic N) is 2. The number of aryl methyl sites for hydroxylation is 1. The first-order chi connectivity index (χ1) is 11.6. The molecule has 25 heavy (non-hydrogen) atoms. The number of rotatable bonds is 3. The topological polar surface area (TPSA) is 36.7 Å². The molecule has 1 spiro atoms. The fraction of sp³-hybridized carbons (Fsp3) is 0.762. The lowest BCUT2D eigenvalue weighted by Crippen LogP contribution is -2.67. The van der Waals surface area contributed by atoms with E-state index in [1.165, 1.54) is 19.4 Å². The van der Waals surface area contributed by atoms with Gasteiger partial charge in [0, 0.05) is 37.1 Å². The Morgan fingerprint density at radius 1 is 1.28 bits per heavy atom. The van der Waals surface area contributed by atoms with Crippen LogP contribution in [0.3, 0.4) is 0 Å². The molecule has 0 N–H and O–H groups in total. The van der Waals surface area contributed by atoms with E-state index in [1.54, 1.807) is 0 Å². The number of piperidine rings is 1. The summed E-state index contributed by atoms with van der Waals surface area (Å²) in [6.07, 6.45) is 3.55. The van der Waals surface area contributed by atoms with Crippen LogP contribution in [0.2, 0.25) is 0 Å². The van der Waals surface area contributed by atoms with Gasteiger partial charge >= 0.3 is 0 Å². The Hall–Kier alpha value is -1.29. The Kier molecular flexibility index (Phi) is 4.78. The van der Waals surface area contributed by atoms with Crippen LogP contribution in [0.4, 0.5) is 0 Å². The Labute approximate surface area is 152 Å². The number of furan rings is 1. The summed E-state index contributed by atoms with van der Waals surface area (Å²) in [5, 5.41) is 0. The standard InChI is InChI=1S/C21H34N2O2/c1-15(2)13-23-11-9-21(23)8-7-10-22(14-21)19(24)17-12-18(20(4,5)6)25-16(17)3/h12,15H,7-11,13-14H2,1-6H3. The third-order valence-corrected chi connectivity index (χ3v) is 5.83. The SMILES string of the molecule is Cc1oc(C(C)(C)C)cc1C(=O)N1CCCC2(CCN2CC(C)C)C1. The first kappa shape index (κ1) is 18.5. The molecule has 2 saturated heterocycles. The highest BCUT2D eigenvalue weighted by molar-refractivity contribution is 5.95. The maximum atomic E-state index is 13.2. The predicted molar refractivity (Wildman–Crippen MR) is 101 cm³/mol. The molecule has 1 unspecified atom stereocenters. The molecule has 0 aliphatic carbocycles. The maximum absolute atomic E-state index is 13.2. The van der Waals surface area contributed by atoms with Crippen molar-refractivity contribution in [2.75, 3.05) is 26.2 Å². The summed E-state index contributed by atoms with van der Waals surface area (Å²) in [4.78, 5) is 17.8. The zero-order chi connectivity index (χ0) is 18.4. The van der Waals surface area contributed by atoms with Gasteiger partial charge in [-0.05, 0) is 38.2 Å². The quantitative estimate of drug-likeness (QED) is 0.822. The summed E-state index contributed by atoms with van der Waals surface area (Å²) in [6.45, 7) is 16.9. The van der Waals surface area contributed by atoms with E-state index < -0.39 is 0 Å². The summed E-state index contributed by atoms with van der Waals surface area (Å²) < 4.78 is 5.90. The van der Waals surface area contributed by atoms with Crippen LogP contribution in [0, 0.1) is 12.8 Å². The van der Waals surface area contributed by atoms with Crippen molar-refractivity contribution in [3.63, 3.8) is 0 Å². The molecule has 0 aromatic carbocycles. The fourth-order valence-electron chi connectivity index (χ4n) is 4.29. The summed E-state index contributed by atoms with van der Waals surface area (Å²) in [5.41, 5.74) is 0.897. The summed E-state index contributed by atoms with van der Waals surface area (Å²) in [6, 6.07) is 1.96. The van der Waals surface area contributed by atoms with Gasteiger partial charge in [0.2, 0.25) is 0 Å². The van der Waals surface area contributed by atoms with Crippen LogP contribution < -0.4 is 0 Å². The number of carbonyl (C=O) groups is 1. The molecule has 0 bridgehead atoms. The fourth-order valence-corrected chi connectivity index (χ4v) is 4.29. The summed E-state index contributed by atoms with van der Waals surface area (Å²) in [5.74, 6) is 2.47. The zero-order valence-corrected chi connectivity index (χ0v) is 16.8. The molecule has 2 fully saturated rings. The van der Waals surface area contributed by atoms with E-state index in [9.17, 15) is 4.79 Å². The Bertz CT molecular complexity index is 641. The second-order valence-electron chi connectivity index (χ2n) is 9.47. The van der Waals surface area contributed by atoms with Crippen molar-refractivity contribution in [1.29, 1.82) is 0 Å². The van der Waals surface area contributed by atoms with Crippen LogP contribution in [0.25, 0.3) is 0 Å². The first-order valence-corrected chi connectivity index (χ1v) is 9.78. The molecule has 1 amide bonds. The summed E-state index contributed by atoms with van der Waals surface area (Å²) in [7, 11) is 0. The van der Waals surface area contributed by atoms with Crippen LogP contribution in [0.1, 0.15) is 75.8 Å². The third kappa shape index (κ3) is 3.51. The van der Waals surface area contributed by atoms with E-state index in [0.29, 0.717) is 5.92 Å². The second-order valence-corrected chi connectivity index (χ2v) is 9.47. The summed E-state index contributed by atoms with van der Waals surface area (Å²) >= 11 is 0. The molecule has 1 aromatic heterocycles. The second kappa shape index (κ2) is 6.46. The van der Waals surface area contributed by atoms with Crippen molar-refractivity contribution in [2.45, 2.75) is 71.8 Å². The molecular weight excluding hydrogens is 312 g/mol. The van der Waals surface area contributed by atoms with Crippen LogP contribution in [0.15, 0.2) is 10.5 Å². The van der Waals surface area contributed by atoms with Crippen molar-refractivity contribution < 1.29 is 9.21 Å². The molecular formula is C21H34N2O2.